The molecule has 0 spiro atoms. The molecule has 3 nitrogen and oxygen atoms in total. The fourth-order valence-corrected chi connectivity index (χ4v) is 5.17. The number of rotatable bonds is 4. The summed E-state index contributed by atoms with van der Waals surface area (Å²) in [4.78, 5) is 12.5. The maximum Gasteiger partial charge on any atom is 0.314 e. The standard InChI is InChI=1S/C17H28O3/c1-4-17(20-15(19)16(2,3)10-18)13-6-11-5-12(8-13)9-14(17)7-11/h11-14,18H,4-10H2,1-3H3. The van der Waals surface area contributed by atoms with Crippen molar-refractivity contribution >= 4 is 5.97 Å². The summed E-state index contributed by atoms with van der Waals surface area (Å²) in [6, 6.07) is 0. The lowest BCUT2D eigenvalue weighted by atomic mass is 9.49. The van der Waals surface area contributed by atoms with Crippen LogP contribution in [0.3, 0.4) is 0 Å². The largest absolute Gasteiger partial charge is 0.458 e. The van der Waals surface area contributed by atoms with Crippen LogP contribution in [0.4, 0.5) is 0 Å². The van der Waals surface area contributed by atoms with Crippen LogP contribution in [-0.4, -0.2) is 23.3 Å². The van der Waals surface area contributed by atoms with Crippen LogP contribution in [0, 0.1) is 29.1 Å². The highest BCUT2D eigenvalue weighted by atomic mass is 16.6. The molecule has 4 fully saturated rings. The first-order chi connectivity index (χ1) is 9.41. The highest BCUT2D eigenvalue weighted by Gasteiger charge is 2.59. The number of aliphatic hydroxyl groups excluding tert-OH is 1. The van der Waals surface area contributed by atoms with Crippen LogP contribution >= 0.6 is 0 Å². The quantitative estimate of drug-likeness (QED) is 0.805. The zero-order valence-electron chi connectivity index (χ0n) is 13.0. The summed E-state index contributed by atoms with van der Waals surface area (Å²) in [5.74, 6) is 2.65. The van der Waals surface area contributed by atoms with Crippen LogP contribution < -0.4 is 0 Å². The first-order valence-corrected chi connectivity index (χ1v) is 8.25. The Labute approximate surface area is 122 Å². The minimum Gasteiger partial charge on any atom is -0.458 e. The van der Waals surface area contributed by atoms with E-state index in [0.717, 1.165) is 18.3 Å². The Morgan fingerprint density at radius 2 is 1.65 bits per heavy atom. The van der Waals surface area contributed by atoms with Crippen molar-refractivity contribution in [3.05, 3.63) is 0 Å². The zero-order chi connectivity index (χ0) is 14.5. The molecular formula is C17H28O3. The van der Waals surface area contributed by atoms with E-state index >= 15 is 0 Å². The van der Waals surface area contributed by atoms with Crippen molar-refractivity contribution in [3.63, 3.8) is 0 Å². The Bertz CT molecular complexity index is 371. The first kappa shape index (κ1) is 14.4. The number of esters is 1. The first-order valence-electron chi connectivity index (χ1n) is 8.25. The van der Waals surface area contributed by atoms with Gasteiger partial charge in [-0.1, -0.05) is 6.92 Å². The van der Waals surface area contributed by atoms with E-state index in [4.69, 9.17) is 4.74 Å². The number of hydrogen-bond acceptors (Lipinski definition) is 3. The minimum absolute atomic E-state index is 0.147. The second-order valence-corrected chi connectivity index (χ2v) is 8.04. The van der Waals surface area contributed by atoms with Gasteiger partial charge >= 0.3 is 5.97 Å². The molecule has 1 N–H and O–H groups in total. The van der Waals surface area contributed by atoms with Crippen molar-refractivity contribution in [2.45, 2.75) is 64.9 Å². The van der Waals surface area contributed by atoms with E-state index in [1.165, 1.54) is 32.1 Å². The lowest BCUT2D eigenvalue weighted by Gasteiger charge is -2.60. The van der Waals surface area contributed by atoms with Crippen LogP contribution in [0.2, 0.25) is 0 Å². The lowest BCUT2D eigenvalue weighted by Crippen LogP contribution is -2.60. The number of hydrogen-bond donors (Lipinski definition) is 1. The van der Waals surface area contributed by atoms with E-state index in [0.29, 0.717) is 11.8 Å². The second kappa shape index (κ2) is 4.72. The van der Waals surface area contributed by atoms with Crippen molar-refractivity contribution in [2.75, 3.05) is 6.61 Å². The van der Waals surface area contributed by atoms with Gasteiger partial charge < -0.3 is 9.84 Å². The summed E-state index contributed by atoms with van der Waals surface area (Å²) in [5.41, 5.74) is -1.02. The summed E-state index contributed by atoms with van der Waals surface area (Å²) in [5, 5.41) is 9.40. The molecule has 4 bridgehead atoms. The van der Waals surface area contributed by atoms with Crippen LogP contribution in [0.5, 0.6) is 0 Å². The smallest absolute Gasteiger partial charge is 0.314 e. The van der Waals surface area contributed by atoms with E-state index in [1.54, 1.807) is 13.8 Å². The summed E-state index contributed by atoms with van der Waals surface area (Å²) < 4.78 is 6.12. The van der Waals surface area contributed by atoms with Crippen LogP contribution in [0.15, 0.2) is 0 Å². The fraction of sp³-hybridized carbons (Fsp3) is 0.941. The number of aliphatic hydroxyl groups is 1. The molecule has 3 heteroatoms. The van der Waals surface area contributed by atoms with Gasteiger partial charge in [0.05, 0.1) is 12.0 Å². The molecule has 20 heavy (non-hydrogen) atoms. The van der Waals surface area contributed by atoms with Crippen LogP contribution in [-0.2, 0) is 9.53 Å². The number of carbonyl (C=O) groups is 1. The predicted molar refractivity (Wildman–Crippen MR) is 77.0 cm³/mol. The highest BCUT2D eigenvalue weighted by molar-refractivity contribution is 5.76. The monoisotopic (exact) mass is 280 g/mol. The van der Waals surface area contributed by atoms with E-state index in [-0.39, 0.29) is 18.2 Å². The zero-order valence-corrected chi connectivity index (χ0v) is 13.0. The Morgan fingerprint density at radius 1 is 1.15 bits per heavy atom. The Kier molecular flexibility index (Phi) is 3.39. The third-order valence-corrected chi connectivity index (χ3v) is 6.30. The van der Waals surface area contributed by atoms with Gasteiger partial charge in [-0.15, -0.1) is 0 Å². The van der Waals surface area contributed by atoms with Gasteiger partial charge in [0, 0.05) is 0 Å². The molecule has 0 radical (unpaired) electrons. The minimum atomic E-state index is -0.781. The molecule has 0 aliphatic heterocycles. The predicted octanol–water partition coefficient (Wildman–Crippen LogP) is 3.15. The molecule has 0 aromatic heterocycles. The summed E-state index contributed by atoms with van der Waals surface area (Å²) in [6.07, 6.45) is 7.31. The second-order valence-electron chi connectivity index (χ2n) is 8.04. The fourth-order valence-electron chi connectivity index (χ4n) is 5.17. The molecule has 114 valence electrons. The molecule has 0 aromatic carbocycles. The molecule has 4 aliphatic rings. The topological polar surface area (TPSA) is 46.5 Å². The molecule has 0 aromatic rings. The molecule has 0 atom stereocenters. The molecular weight excluding hydrogens is 252 g/mol. The Morgan fingerprint density at radius 3 is 2.05 bits per heavy atom. The lowest BCUT2D eigenvalue weighted by molar-refractivity contribution is -0.219. The summed E-state index contributed by atoms with van der Waals surface area (Å²) in [7, 11) is 0. The van der Waals surface area contributed by atoms with E-state index in [2.05, 4.69) is 6.92 Å². The van der Waals surface area contributed by atoms with Gasteiger partial charge in [0.2, 0.25) is 0 Å². The van der Waals surface area contributed by atoms with Gasteiger partial charge in [-0.05, 0) is 76.0 Å². The third kappa shape index (κ3) is 2.01. The van der Waals surface area contributed by atoms with Gasteiger partial charge in [-0.2, -0.15) is 0 Å². The SMILES string of the molecule is CCC1(OC(=O)C(C)(C)CO)C2CC3CC(C2)CC1C3. The summed E-state index contributed by atoms with van der Waals surface area (Å²) >= 11 is 0. The molecule has 0 unspecified atom stereocenters. The molecule has 4 aliphatic carbocycles. The number of ether oxygens (including phenoxy) is 1. The molecule has 0 amide bonds. The average molecular weight is 280 g/mol. The molecule has 4 rings (SSSR count). The summed E-state index contributed by atoms with van der Waals surface area (Å²) in [6.45, 7) is 5.57. The van der Waals surface area contributed by atoms with Crippen molar-refractivity contribution in [3.8, 4) is 0 Å². The van der Waals surface area contributed by atoms with Crippen molar-refractivity contribution in [1.82, 2.24) is 0 Å². The van der Waals surface area contributed by atoms with Crippen molar-refractivity contribution in [2.24, 2.45) is 29.1 Å². The third-order valence-electron chi connectivity index (χ3n) is 6.30. The molecule has 0 heterocycles. The van der Waals surface area contributed by atoms with Crippen molar-refractivity contribution in [1.29, 1.82) is 0 Å². The van der Waals surface area contributed by atoms with Gasteiger partial charge in [-0.25, -0.2) is 0 Å². The number of carbonyl (C=O) groups excluding carboxylic acids is 1. The van der Waals surface area contributed by atoms with Crippen LogP contribution in [0.1, 0.15) is 59.3 Å². The van der Waals surface area contributed by atoms with Crippen molar-refractivity contribution < 1.29 is 14.6 Å². The van der Waals surface area contributed by atoms with E-state index in [1.807, 2.05) is 0 Å². The van der Waals surface area contributed by atoms with Gasteiger partial charge in [-0.3, -0.25) is 4.79 Å². The molecule has 4 saturated carbocycles. The average Bonchev–Trinajstić information content (AvgIpc) is 2.42. The highest BCUT2D eigenvalue weighted by Crippen LogP contribution is 2.60. The van der Waals surface area contributed by atoms with Gasteiger partial charge in [0.15, 0.2) is 0 Å². The normalized spacial score (nSPS) is 42.8. The van der Waals surface area contributed by atoms with E-state index < -0.39 is 5.41 Å². The maximum atomic E-state index is 12.5. The Hall–Kier alpha value is -0.570. The molecule has 0 saturated heterocycles. The van der Waals surface area contributed by atoms with Crippen LogP contribution in [0.25, 0.3) is 0 Å². The van der Waals surface area contributed by atoms with E-state index in [9.17, 15) is 9.90 Å². The van der Waals surface area contributed by atoms with Gasteiger partial charge in [0.1, 0.15) is 5.60 Å². The van der Waals surface area contributed by atoms with Gasteiger partial charge in [0.25, 0.3) is 0 Å². The maximum absolute atomic E-state index is 12.5. The Balaban J connectivity index is 1.83.